The number of amides is 1. The standard InChI is InChI=1S/C22H24F3N3O/c23-22(24,25)18-6-3-4-16(14-18)15-27-20(29)21(28-12-10-26-11-13-28)9-8-17-5-1-2-7-19(17)21/h1-7,14,26H,8-13,15H2,(H,27,29). The highest BCUT2D eigenvalue weighted by Crippen LogP contribution is 2.42. The van der Waals surface area contributed by atoms with E-state index in [0.717, 1.165) is 50.3 Å². The molecule has 0 saturated carbocycles. The number of carbonyl (C=O) groups is 1. The van der Waals surface area contributed by atoms with E-state index in [1.54, 1.807) is 6.07 Å². The van der Waals surface area contributed by atoms with Gasteiger partial charge in [0.15, 0.2) is 0 Å². The number of nitrogens with zero attached hydrogens (tertiary/aromatic N) is 1. The number of hydrogen-bond acceptors (Lipinski definition) is 3. The highest BCUT2D eigenvalue weighted by Gasteiger charge is 2.49. The van der Waals surface area contributed by atoms with Crippen molar-refractivity contribution in [3.8, 4) is 0 Å². The summed E-state index contributed by atoms with van der Waals surface area (Å²) in [6.07, 6.45) is -2.90. The fraction of sp³-hybridized carbons (Fsp3) is 0.409. The van der Waals surface area contributed by atoms with Crippen LogP contribution in [0.4, 0.5) is 13.2 Å². The molecule has 1 amide bonds. The summed E-state index contributed by atoms with van der Waals surface area (Å²) >= 11 is 0. The molecule has 0 spiro atoms. The molecule has 1 unspecified atom stereocenters. The second-order valence-corrected chi connectivity index (χ2v) is 7.64. The van der Waals surface area contributed by atoms with E-state index in [1.165, 1.54) is 11.6 Å². The van der Waals surface area contributed by atoms with Gasteiger partial charge in [-0.25, -0.2) is 0 Å². The van der Waals surface area contributed by atoms with E-state index < -0.39 is 17.3 Å². The van der Waals surface area contributed by atoms with Crippen molar-refractivity contribution in [2.24, 2.45) is 0 Å². The van der Waals surface area contributed by atoms with Crippen LogP contribution in [0, 0.1) is 0 Å². The summed E-state index contributed by atoms with van der Waals surface area (Å²) in [6, 6.07) is 13.1. The molecule has 1 fully saturated rings. The van der Waals surface area contributed by atoms with Crippen LogP contribution in [0.15, 0.2) is 48.5 Å². The number of rotatable bonds is 4. The third kappa shape index (κ3) is 3.76. The normalized spacial score (nSPS) is 22.3. The van der Waals surface area contributed by atoms with Gasteiger partial charge in [0, 0.05) is 32.7 Å². The van der Waals surface area contributed by atoms with Crippen LogP contribution in [0.1, 0.15) is 28.7 Å². The van der Waals surface area contributed by atoms with Gasteiger partial charge >= 0.3 is 6.18 Å². The van der Waals surface area contributed by atoms with Crippen molar-refractivity contribution in [3.63, 3.8) is 0 Å². The van der Waals surface area contributed by atoms with Crippen LogP contribution in [0.3, 0.4) is 0 Å². The van der Waals surface area contributed by atoms with E-state index in [4.69, 9.17) is 0 Å². The molecule has 1 aliphatic heterocycles. The molecule has 2 aliphatic rings. The maximum atomic E-state index is 13.5. The van der Waals surface area contributed by atoms with E-state index in [1.807, 2.05) is 18.2 Å². The topological polar surface area (TPSA) is 44.4 Å². The molecule has 7 heteroatoms. The van der Waals surface area contributed by atoms with Gasteiger partial charge in [-0.2, -0.15) is 13.2 Å². The van der Waals surface area contributed by atoms with Gasteiger partial charge < -0.3 is 10.6 Å². The zero-order chi connectivity index (χ0) is 20.5. The Morgan fingerprint density at radius 2 is 1.86 bits per heavy atom. The number of aryl methyl sites for hydroxylation is 1. The van der Waals surface area contributed by atoms with E-state index in [0.29, 0.717) is 12.0 Å². The summed E-state index contributed by atoms with van der Waals surface area (Å²) in [6.45, 7) is 3.20. The average molecular weight is 403 g/mol. The Hall–Kier alpha value is -2.38. The number of fused-ring (bicyclic) bond motifs is 1. The summed E-state index contributed by atoms with van der Waals surface area (Å²) in [5, 5.41) is 6.25. The van der Waals surface area contributed by atoms with Crippen LogP contribution in [0.5, 0.6) is 0 Å². The van der Waals surface area contributed by atoms with Crippen LogP contribution >= 0.6 is 0 Å². The first-order chi connectivity index (χ1) is 13.9. The molecule has 154 valence electrons. The Labute approximate surface area is 168 Å². The van der Waals surface area contributed by atoms with Gasteiger partial charge in [0.25, 0.3) is 0 Å². The van der Waals surface area contributed by atoms with Crippen LogP contribution in [0.2, 0.25) is 0 Å². The first-order valence-corrected chi connectivity index (χ1v) is 9.90. The van der Waals surface area contributed by atoms with Gasteiger partial charge in [0.2, 0.25) is 5.91 Å². The monoisotopic (exact) mass is 403 g/mol. The average Bonchev–Trinajstić information content (AvgIpc) is 3.13. The number of halogens is 3. The highest BCUT2D eigenvalue weighted by molar-refractivity contribution is 5.89. The number of nitrogens with one attached hydrogen (secondary N) is 2. The maximum absolute atomic E-state index is 13.5. The lowest BCUT2D eigenvalue weighted by atomic mass is 9.87. The fourth-order valence-electron chi connectivity index (χ4n) is 4.53. The van der Waals surface area contributed by atoms with Gasteiger partial charge in [0.1, 0.15) is 5.54 Å². The largest absolute Gasteiger partial charge is 0.416 e. The molecule has 1 aliphatic carbocycles. The minimum absolute atomic E-state index is 0.0682. The third-order valence-corrected chi connectivity index (χ3v) is 5.96. The number of piperazine rings is 1. The molecular formula is C22H24F3N3O. The van der Waals surface area contributed by atoms with Crippen molar-refractivity contribution >= 4 is 5.91 Å². The minimum Gasteiger partial charge on any atom is -0.350 e. The van der Waals surface area contributed by atoms with Crippen molar-refractivity contribution in [1.82, 2.24) is 15.5 Å². The van der Waals surface area contributed by atoms with E-state index in [-0.39, 0.29) is 12.5 Å². The number of carbonyl (C=O) groups excluding carboxylic acids is 1. The lowest BCUT2D eigenvalue weighted by Gasteiger charge is -2.43. The van der Waals surface area contributed by atoms with Gasteiger partial charge in [-0.05, 0) is 41.7 Å². The molecule has 1 heterocycles. The van der Waals surface area contributed by atoms with Crippen LogP contribution in [0.25, 0.3) is 0 Å². The Morgan fingerprint density at radius 1 is 1.10 bits per heavy atom. The smallest absolute Gasteiger partial charge is 0.350 e. The van der Waals surface area contributed by atoms with E-state index in [9.17, 15) is 18.0 Å². The highest BCUT2D eigenvalue weighted by atomic mass is 19.4. The van der Waals surface area contributed by atoms with Crippen molar-refractivity contribution < 1.29 is 18.0 Å². The molecule has 2 N–H and O–H groups in total. The number of alkyl halides is 3. The summed E-state index contributed by atoms with van der Waals surface area (Å²) in [5.41, 5.74) is 1.16. The van der Waals surface area contributed by atoms with E-state index >= 15 is 0 Å². The predicted octanol–water partition coefficient (Wildman–Crippen LogP) is 3.07. The Balaban J connectivity index is 1.59. The Morgan fingerprint density at radius 3 is 2.62 bits per heavy atom. The molecule has 1 atom stereocenters. The van der Waals surface area contributed by atoms with Crippen molar-refractivity contribution in [1.29, 1.82) is 0 Å². The van der Waals surface area contributed by atoms with Crippen LogP contribution in [-0.4, -0.2) is 37.0 Å². The molecule has 0 aromatic heterocycles. The first-order valence-electron chi connectivity index (χ1n) is 9.90. The fourth-order valence-corrected chi connectivity index (χ4v) is 4.53. The summed E-state index contributed by atoms with van der Waals surface area (Å²) < 4.78 is 38.9. The quantitative estimate of drug-likeness (QED) is 0.825. The molecule has 4 nitrogen and oxygen atoms in total. The molecule has 0 bridgehead atoms. The van der Waals surface area contributed by atoms with Crippen LogP contribution < -0.4 is 10.6 Å². The lowest BCUT2D eigenvalue weighted by Crippen LogP contribution is -2.60. The van der Waals surface area contributed by atoms with Gasteiger partial charge in [-0.1, -0.05) is 36.4 Å². The number of hydrogen-bond donors (Lipinski definition) is 2. The van der Waals surface area contributed by atoms with Crippen LogP contribution in [-0.2, 0) is 29.5 Å². The van der Waals surface area contributed by atoms with Gasteiger partial charge in [-0.3, -0.25) is 9.69 Å². The van der Waals surface area contributed by atoms with Crippen molar-refractivity contribution in [3.05, 3.63) is 70.8 Å². The molecular weight excluding hydrogens is 379 g/mol. The summed E-state index contributed by atoms with van der Waals surface area (Å²) in [7, 11) is 0. The molecule has 4 rings (SSSR count). The van der Waals surface area contributed by atoms with Crippen molar-refractivity contribution in [2.75, 3.05) is 26.2 Å². The molecule has 2 aromatic rings. The Bertz CT molecular complexity index is 893. The molecule has 2 aromatic carbocycles. The molecule has 0 radical (unpaired) electrons. The first kappa shape index (κ1) is 19.9. The maximum Gasteiger partial charge on any atom is 0.416 e. The zero-order valence-electron chi connectivity index (χ0n) is 16.1. The van der Waals surface area contributed by atoms with Gasteiger partial charge in [-0.15, -0.1) is 0 Å². The second kappa shape index (κ2) is 7.80. The third-order valence-electron chi connectivity index (χ3n) is 5.96. The SMILES string of the molecule is O=C(NCc1cccc(C(F)(F)F)c1)C1(N2CCNCC2)CCc2ccccc21. The Kier molecular flexibility index (Phi) is 5.36. The lowest BCUT2D eigenvalue weighted by molar-refractivity contribution is -0.137. The number of benzene rings is 2. The van der Waals surface area contributed by atoms with Crippen molar-refractivity contribution in [2.45, 2.75) is 31.1 Å². The summed E-state index contributed by atoms with van der Waals surface area (Å²) in [5.74, 6) is -0.137. The zero-order valence-corrected chi connectivity index (χ0v) is 16.1. The molecule has 29 heavy (non-hydrogen) atoms. The predicted molar refractivity (Wildman–Crippen MR) is 104 cm³/mol. The molecule has 1 saturated heterocycles. The van der Waals surface area contributed by atoms with E-state index in [2.05, 4.69) is 21.6 Å². The minimum atomic E-state index is -4.40. The summed E-state index contributed by atoms with van der Waals surface area (Å²) in [4.78, 5) is 15.7. The van der Waals surface area contributed by atoms with Gasteiger partial charge in [0.05, 0.1) is 5.56 Å². The second-order valence-electron chi connectivity index (χ2n) is 7.64.